The Kier molecular flexibility index (Phi) is 4.55. The number of carbonyl (C=O) groups excluding carboxylic acids is 1. The van der Waals surface area contributed by atoms with Crippen LogP contribution in [0.15, 0.2) is 10.8 Å². The Hall–Kier alpha value is -1.40. The molecular weight excluding hydrogens is 246 g/mol. The van der Waals surface area contributed by atoms with Crippen molar-refractivity contribution in [1.82, 2.24) is 15.6 Å². The normalized spacial score (nSPS) is 18.2. The van der Waals surface area contributed by atoms with Crippen LogP contribution in [0.2, 0.25) is 0 Å². The molecule has 6 heteroatoms. The summed E-state index contributed by atoms with van der Waals surface area (Å²) in [6.07, 6.45) is 3.28. The van der Waals surface area contributed by atoms with Crippen molar-refractivity contribution in [3.05, 3.63) is 17.8 Å². The molecule has 0 bridgehead atoms. The molecule has 2 N–H and O–H groups in total. The molecule has 0 saturated carbocycles. The van der Waals surface area contributed by atoms with Crippen LogP contribution >= 0.6 is 0 Å². The van der Waals surface area contributed by atoms with Gasteiger partial charge in [-0.2, -0.15) is 0 Å². The van der Waals surface area contributed by atoms with E-state index in [-0.39, 0.29) is 11.3 Å². The molecule has 1 amide bonds. The highest BCUT2D eigenvalue weighted by Gasteiger charge is 2.33. The Morgan fingerprint density at radius 2 is 2.32 bits per heavy atom. The topological polar surface area (TPSA) is 76.4 Å². The van der Waals surface area contributed by atoms with Crippen LogP contribution in [0.5, 0.6) is 0 Å². The second kappa shape index (κ2) is 6.16. The monoisotopic (exact) mass is 267 g/mol. The first-order valence-electron chi connectivity index (χ1n) is 6.55. The van der Waals surface area contributed by atoms with Gasteiger partial charge in [0, 0.05) is 19.1 Å². The molecule has 1 aromatic heterocycles. The number of carbonyl (C=O) groups is 1. The summed E-state index contributed by atoms with van der Waals surface area (Å²) < 4.78 is 10.4. The highest BCUT2D eigenvalue weighted by molar-refractivity contribution is 5.92. The van der Waals surface area contributed by atoms with Crippen LogP contribution < -0.4 is 10.6 Å². The summed E-state index contributed by atoms with van der Waals surface area (Å²) in [7, 11) is 1.70. The summed E-state index contributed by atoms with van der Waals surface area (Å²) in [5.41, 5.74) is 0.632. The van der Waals surface area contributed by atoms with E-state index in [9.17, 15) is 4.79 Å². The van der Waals surface area contributed by atoms with Gasteiger partial charge in [0.05, 0.1) is 12.3 Å². The predicted octanol–water partition coefficient (Wildman–Crippen LogP) is 0.729. The molecule has 1 aromatic rings. The molecule has 0 aliphatic carbocycles. The molecular formula is C13H21N3O3. The minimum Gasteiger partial charge on any atom is -0.438 e. The zero-order valence-electron chi connectivity index (χ0n) is 11.5. The Balaban J connectivity index is 1.95. The SMILES string of the molecule is COCC1(CNC(=O)c2ocnc2C)CCNCC1. The molecule has 1 fully saturated rings. The number of amides is 1. The van der Waals surface area contributed by atoms with Gasteiger partial charge in [-0.3, -0.25) is 4.79 Å². The van der Waals surface area contributed by atoms with E-state index in [4.69, 9.17) is 9.15 Å². The van der Waals surface area contributed by atoms with Gasteiger partial charge in [0.15, 0.2) is 6.39 Å². The summed E-state index contributed by atoms with van der Waals surface area (Å²) in [5, 5.41) is 6.27. The van der Waals surface area contributed by atoms with Crippen LogP contribution in [-0.2, 0) is 4.74 Å². The van der Waals surface area contributed by atoms with Crippen LogP contribution in [0, 0.1) is 12.3 Å². The number of rotatable bonds is 5. The minimum atomic E-state index is -0.205. The van der Waals surface area contributed by atoms with Gasteiger partial charge in [-0.25, -0.2) is 4.98 Å². The molecule has 2 heterocycles. The third-order valence-corrected chi connectivity index (χ3v) is 3.69. The average Bonchev–Trinajstić information content (AvgIpc) is 2.84. The van der Waals surface area contributed by atoms with Gasteiger partial charge < -0.3 is 19.8 Å². The van der Waals surface area contributed by atoms with E-state index < -0.39 is 0 Å². The van der Waals surface area contributed by atoms with Gasteiger partial charge in [-0.1, -0.05) is 0 Å². The zero-order valence-corrected chi connectivity index (χ0v) is 11.5. The van der Waals surface area contributed by atoms with Crippen molar-refractivity contribution in [2.75, 3.05) is 33.4 Å². The fraction of sp³-hybridized carbons (Fsp3) is 0.692. The number of nitrogens with one attached hydrogen (secondary N) is 2. The van der Waals surface area contributed by atoms with Gasteiger partial charge in [0.25, 0.3) is 5.91 Å². The Morgan fingerprint density at radius 1 is 1.58 bits per heavy atom. The summed E-state index contributed by atoms with van der Waals surface area (Å²) in [6.45, 7) is 4.93. The van der Waals surface area contributed by atoms with Crippen molar-refractivity contribution < 1.29 is 13.9 Å². The molecule has 0 atom stereocenters. The highest BCUT2D eigenvalue weighted by Crippen LogP contribution is 2.28. The maximum absolute atomic E-state index is 12.0. The molecule has 1 saturated heterocycles. The lowest BCUT2D eigenvalue weighted by atomic mass is 9.79. The summed E-state index contributed by atoms with van der Waals surface area (Å²) >= 11 is 0. The maximum Gasteiger partial charge on any atom is 0.289 e. The number of aromatic nitrogens is 1. The van der Waals surface area contributed by atoms with Crippen LogP contribution in [-0.4, -0.2) is 44.2 Å². The van der Waals surface area contributed by atoms with E-state index in [1.165, 1.54) is 6.39 Å². The molecule has 106 valence electrons. The first-order chi connectivity index (χ1) is 9.17. The third kappa shape index (κ3) is 3.33. The van der Waals surface area contributed by atoms with Crippen LogP contribution in [0.3, 0.4) is 0 Å². The van der Waals surface area contributed by atoms with E-state index in [1.807, 2.05) is 0 Å². The fourth-order valence-corrected chi connectivity index (χ4v) is 2.50. The molecule has 1 aliphatic rings. The van der Waals surface area contributed by atoms with E-state index in [2.05, 4.69) is 15.6 Å². The number of hydrogen-bond donors (Lipinski definition) is 2. The van der Waals surface area contributed by atoms with Crippen molar-refractivity contribution in [2.24, 2.45) is 5.41 Å². The van der Waals surface area contributed by atoms with Gasteiger partial charge in [0.1, 0.15) is 0 Å². The summed E-state index contributed by atoms with van der Waals surface area (Å²) in [6, 6.07) is 0. The minimum absolute atomic E-state index is 0.0174. The molecule has 19 heavy (non-hydrogen) atoms. The lowest BCUT2D eigenvalue weighted by Crippen LogP contribution is -2.47. The fourth-order valence-electron chi connectivity index (χ4n) is 2.50. The van der Waals surface area contributed by atoms with E-state index in [1.54, 1.807) is 14.0 Å². The van der Waals surface area contributed by atoms with Crippen LogP contribution in [0.25, 0.3) is 0 Å². The number of methoxy groups -OCH3 is 1. The smallest absolute Gasteiger partial charge is 0.289 e. The first-order valence-corrected chi connectivity index (χ1v) is 6.55. The van der Waals surface area contributed by atoms with Crippen molar-refractivity contribution >= 4 is 5.91 Å². The lowest BCUT2D eigenvalue weighted by molar-refractivity contribution is 0.0506. The van der Waals surface area contributed by atoms with Gasteiger partial charge in [-0.15, -0.1) is 0 Å². The number of aryl methyl sites for hydroxylation is 1. The number of piperidine rings is 1. The molecule has 1 aliphatic heterocycles. The third-order valence-electron chi connectivity index (χ3n) is 3.69. The number of oxazole rings is 1. The maximum atomic E-state index is 12.0. The zero-order chi connectivity index (χ0) is 13.7. The second-order valence-corrected chi connectivity index (χ2v) is 5.13. The largest absolute Gasteiger partial charge is 0.438 e. The molecule has 2 rings (SSSR count). The van der Waals surface area contributed by atoms with Gasteiger partial charge in [0.2, 0.25) is 5.76 Å². The van der Waals surface area contributed by atoms with Crippen LogP contribution in [0.4, 0.5) is 0 Å². The van der Waals surface area contributed by atoms with Crippen molar-refractivity contribution in [2.45, 2.75) is 19.8 Å². The Bertz CT molecular complexity index is 419. The summed E-state index contributed by atoms with van der Waals surface area (Å²) in [4.78, 5) is 15.9. The number of ether oxygens (including phenoxy) is 1. The number of hydrogen-bond acceptors (Lipinski definition) is 5. The molecule has 6 nitrogen and oxygen atoms in total. The summed E-state index contributed by atoms with van der Waals surface area (Å²) in [5.74, 6) is 0.0884. The Morgan fingerprint density at radius 3 is 2.89 bits per heavy atom. The quantitative estimate of drug-likeness (QED) is 0.822. The highest BCUT2D eigenvalue weighted by atomic mass is 16.5. The predicted molar refractivity (Wildman–Crippen MR) is 70.0 cm³/mol. The van der Waals surface area contributed by atoms with Gasteiger partial charge in [-0.05, 0) is 32.9 Å². The molecule has 0 aromatic carbocycles. The average molecular weight is 267 g/mol. The standard InChI is InChI=1S/C13H21N3O3/c1-10-11(19-9-16-10)12(17)15-7-13(8-18-2)3-5-14-6-4-13/h9,14H,3-8H2,1-2H3,(H,15,17). The number of nitrogens with zero attached hydrogens (tertiary/aromatic N) is 1. The Labute approximate surface area is 112 Å². The molecule has 0 spiro atoms. The van der Waals surface area contributed by atoms with E-state index >= 15 is 0 Å². The first kappa shape index (κ1) is 14.0. The lowest BCUT2D eigenvalue weighted by Gasteiger charge is -2.37. The van der Waals surface area contributed by atoms with Crippen molar-refractivity contribution in [3.63, 3.8) is 0 Å². The van der Waals surface area contributed by atoms with Gasteiger partial charge >= 0.3 is 0 Å². The van der Waals surface area contributed by atoms with E-state index in [0.29, 0.717) is 24.6 Å². The molecule has 0 unspecified atom stereocenters. The van der Waals surface area contributed by atoms with Crippen molar-refractivity contribution in [3.8, 4) is 0 Å². The second-order valence-electron chi connectivity index (χ2n) is 5.13. The van der Waals surface area contributed by atoms with E-state index in [0.717, 1.165) is 25.9 Å². The van der Waals surface area contributed by atoms with Crippen molar-refractivity contribution in [1.29, 1.82) is 0 Å². The van der Waals surface area contributed by atoms with Crippen LogP contribution in [0.1, 0.15) is 29.1 Å². The molecule has 0 radical (unpaired) electrons.